The number of carbonyl (C=O) groups excluding carboxylic acids is 1. The Morgan fingerprint density at radius 1 is 1.04 bits per heavy atom. The molecule has 0 saturated carbocycles. The molecule has 0 aliphatic rings. The van der Waals surface area contributed by atoms with Crippen molar-refractivity contribution in [1.29, 1.82) is 0 Å². The zero-order valence-electron chi connectivity index (χ0n) is 13.3. The topological polar surface area (TPSA) is 54.0 Å². The molecule has 24 heavy (non-hydrogen) atoms. The standard InChI is InChI=1S/C18H16FN3OS/c1-11-17(13-3-7-15(8-4-13)20-12(2)23)22-18(24-11)21-16-9-5-14(19)6-10-16/h3-10H,1-2H3,(H,20,23)(H,21,22). The molecular formula is C18H16FN3OS. The molecule has 1 heterocycles. The molecule has 3 aromatic rings. The minimum absolute atomic E-state index is 0.0987. The van der Waals surface area contributed by atoms with Crippen molar-refractivity contribution in [2.45, 2.75) is 13.8 Å². The van der Waals surface area contributed by atoms with Gasteiger partial charge in [-0.3, -0.25) is 4.79 Å². The second-order valence-corrected chi connectivity index (χ2v) is 6.52. The van der Waals surface area contributed by atoms with Crippen LogP contribution in [0.3, 0.4) is 0 Å². The van der Waals surface area contributed by atoms with E-state index in [2.05, 4.69) is 15.6 Å². The maximum atomic E-state index is 13.0. The largest absolute Gasteiger partial charge is 0.332 e. The van der Waals surface area contributed by atoms with Crippen molar-refractivity contribution >= 4 is 33.8 Å². The molecule has 6 heteroatoms. The molecule has 0 atom stereocenters. The van der Waals surface area contributed by atoms with Crippen molar-refractivity contribution in [2.75, 3.05) is 10.6 Å². The van der Waals surface area contributed by atoms with Crippen molar-refractivity contribution in [3.05, 3.63) is 59.2 Å². The third kappa shape index (κ3) is 3.78. The van der Waals surface area contributed by atoms with Gasteiger partial charge >= 0.3 is 0 Å². The Morgan fingerprint density at radius 3 is 2.29 bits per heavy atom. The van der Waals surface area contributed by atoms with Gasteiger partial charge in [0.15, 0.2) is 5.13 Å². The SMILES string of the molecule is CC(=O)Nc1ccc(-c2nc(Nc3ccc(F)cc3)sc2C)cc1. The molecule has 0 fully saturated rings. The average Bonchev–Trinajstić information content (AvgIpc) is 2.90. The Morgan fingerprint density at radius 2 is 1.67 bits per heavy atom. The summed E-state index contributed by atoms with van der Waals surface area (Å²) in [4.78, 5) is 16.8. The fraction of sp³-hybridized carbons (Fsp3) is 0.111. The number of aryl methyl sites for hydroxylation is 1. The zero-order valence-corrected chi connectivity index (χ0v) is 14.1. The number of thiazole rings is 1. The van der Waals surface area contributed by atoms with Crippen LogP contribution in [0.1, 0.15) is 11.8 Å². The number of nitrogens with one attached hydrogen (secondary N) is 2. The molecule has 0 unspecified atom stereocenters. The van der Waals surface area contributed by atoms with Crippen LogP contribution in [0, 0.1) is 12.7 Å². The van der Waals surface area contributed by atoms with Crippen molar-refractivity contribution in [2.24, 2.45) is 0 Å². The van der Waals surface area contributed by atoms with Crippen molar-refractivity contribution in [3.8, 4) is 11.3 Å². The lowest BCUT2D eigenvalue weighted by atomic mass is 10.1. The molecule has 122 valence electrons. The first-order valence-electron chi connectivity index (χ1n) is 7.39. The Hall–Kier alpha value is -2.73. The lowest BCUT2D eigenvalue weighted by Gasteiger charge is -2.04. The number of anilines is 3. The first kappa shape index (κ1) is 16.1. The van der Waals surface area contributed by atoms with E-state index in [0.717, 1.165) is 32.6 Å². The number of halogens is 1. The highest BCUT2D eigenvalue weighted by Crippen LogP contribution is 2.32. The van der Waals surface area contributed by atoms with Crippen LogP contribution in [0.25, 0.3) is 11.3 Å². The third-order valence-corrected chi connectivity index (χ3v) is 4.26. The van der Waals surface area contributed by atoms with Crippen molar-refractivity contribution in [3.63, 3.8) is 0 Å². The molecule has 0 spiro atoms. The Kier molecular flexibility index (Phi) is 4.57. The van der Waals surface area contributed by atoms with E-state index in [0.29, 0.717) is 0 Å². The van der Waals surface area contributed by atoms with E-state index < -0.39 is 0 Å². The van der Waals surface area contributed by atoms with Crippen LogP contribution in [0.15, 0.2) is 48.5 Å². The molecule has 4 nitrogen and oxygen atoms in total. The van der Waals surface area contributed by atoms with Gasteiger partial charge < -0.3 is 10.6 Å². The molecule has 0 aliphatic heterocycles. The highest BCUT2D eigenvalue weighted by molar-refractivity contribution is 7.16. The quantitative estimate of drug-likeness (QED) is 0.705. The van der Waals surface area contributed by atoms with Crippen LogP contribution in [-0.4, -0.2) is 10.9 Å². The van der Waals surface area contributed by atoms with Crippen LogP contribution in [0.4, 0.5) is 20.9 Å². The highest BCUT2D eigenvalue weighted by atomic mass is 32.1. The third-order valence-electron chi connectivity index (χ3n) is 3.37. The van der Waals surface area contributed by atoms with Gasteiger partial charge in [0.2, 0.25) is 5.91 Å². The molecule has 0 saturated heterocycles. The molecule has 0 aliphatic carbocycles. The summed E-state index contributed by atoms with van der Waals surface area (Å²) in [7, 11) is 0. The number of hydrogen-bond donors (Lipinski definition) is 2. The van der Waals surface area contributed by atoms with Crippen molar-refractivity contribution < 1.29 is 9.18 Å². The van der Waals surface area contributed by atoms with E-state index in [-0.39, 0.29) is 11.7 Å². The van der Waals surface area contributed by atoms with Crippen LogP contribution >= 0.6 is 11.3 Å². The monoisotopic (exact) mass is 341 g/mol. The Bertz CT molecular complexity index is 857. The number of benzene rings is 2. The minimum atomic E-state index is -0.268. The average molecular weight is 341 g/mol. The van der Waals surface area contributed by atoms with Gasteiger partial charge in [0.05, 0.1) is 5.69 Å². The second-order valence-electron chi connectivity index (χ2n) is 5.31. The summed E-state index contributed by atoms with van der Waals surface area (Å²) in [6.45, 7) is 3.48. The van der Waals surface area contributed by atoms with Gasteiger partial charge in [-0.05, 0) is 43.3 Å². The molecular weight excluding hydrogens is 325 g/mol. The lowest BCUT2D eigenvalue weighted by Crippen LogP contribution is -2.05. The molecule has 0 bridgehead atoms. The van der Waals surface area contributed by atoms with Gasteiger partial charge in [-0.1, -0.05) is 12.1 Å². The molecule has 2 aromatic carbocycles. The van der Waals surface area contributed by atoms with E-state index in [1.807, 2.05) is 31.2 Å². The smallest absolute Gasteiger partial charge is 0.221 e. The first-order valence-corrected chi connectivity index (χ1v) is 8.21. The lowest BCUT2D eigenvalue weighted by molar-refractivity contribution is -0.114. The maximum absolute atomic E-state index is 13.0. The van der Waals surface area contributed by atoms with E-state index >= 15 is 0 Å². The number of nitrogens with zero attached hydrogens (tertiary/aromatic N) is 1. The number of carbonyl (C=O) groups is 1. The summed E-state index contributed by atoms with van der Waals surface area (Å²) in [6.07, 6.45) is 0. The molecule has 1 amide bonds. The van der Waals surface area contributed by atoms with E-state index in [1.165, 1.54) is 30.4 Å². The summed E-state index contributed by atoms with van der Waals surface area (Å²) >= 11 is 1.54. The van der Waals surface area contributed by atoms with Gasteiger partial charge in [-0.15, -0.1) is 11.3 Å². The molecule has 0 radical (unpaired) electrons. The summed E-state index contributed by atoms with van der Waals surface area (Å²) in [5, 5.41) is 6.67. The minimum Gasteiger partial charge on any atom is -0.332 e. The zero-order chi connectivity index (χ0) is 17.1. The van der Waals surface area contributed by atoms with Gasteiger partial charge in [0.25, 0.3) is 0 Å². The van der Waals surface area contributed by atoms with Gasteiger partial charge in [0.1, 0.15) is 5.82 Å². The molecule has 2 N–H and O–H groups in total. The Balaban J connectivity index is 1.80. The number of hydrogen-bond acceptors (Lipinski definition) is 4. The number of rotatable bonds is 4. The van der Waals surface area contributed by atoms with Crippen LogP contribution in [-0.2, 0) is 4.79 Å². The van der Waals surface area contributed by atoms with E-state index in [4.69, 9.17) is 0 Å². The molecule has 3 rings (SSSR count). The highest BCUT2D eigenvalue weighted by Gasteiger charge is 2.10. The first-order chi connectivity index (χ1) is 11.5. The summed E-state index contributed by atoms with van der Waals surface area (Å²) in [5.41, 5.74) is 3.41. The summed E-state index contributed by atoms with van der Waals surface area (Å²) in [5.74, 6) is -0.366. The van der Waals surface area contributed by atoms with Gasteiger partial charge in [0, 0.05) is 28.7 Å². The number of amides is 1. The molecule has 1 aromatic heterocycles. The van der Waals surface area contributed by atoms with E-state index in [9.17, 15) is 9.18 Å². The van der Waals surface area contributed by atoms with E-state index in [1.54, 1.807) is 12.1 Å². The fourth-order valence-electron chi connectivity index (χ4n) is 2.29. The predicted octanol–water partition coefficient (Wildman–Crippen LogP) is 4.96. The number of aromatic nitrogens is 1. The maximum Gasteiger partial charge on any atom is 0.221 e. The van der Waals surface area contributed by atoms with Crippen molar-refractivity contribution in [1.82, 2.24) is 4.98 Å². The van der Waals surface area contributed by atoms with Crippen LogP contribution < -0.4 is 10.6 Å². The summed E-state index contributed by atoms with van der Waals surface area (Å²) < 4.78 is 13.0. The predicted molar refractivity (Wildman–Crippen MR) is 96.3 cm³/mol. The fourth-order valence-corrected chi connectivity index (χ4v) is 3.15. The normalized spacial score (nSPS) is 10.5. The second kappa shape index (κ2) is 6.80. The Labute approximate surface area is 143 Å². The van der Waals surface area contributed by atoms with Gasteiger partial charge in [-0.2, -0.15) is 0 Å². The van der Waals surface area contributed by atoms with Crippen LogP contribution in [0.2, 0.25) is 0 Å². The van der Waals surface area contributed by atoms with Crippen LogP contribution in [0.5, 0.6) is 0 Å². The van der Waals surface area contributed by atoms with Gasteiger partial charge in [-0.25, -0.2) is 9.37 Å². The summed E-state index contributed by atoms with van der Waals surface area (Å²) in [6, 6.07) is 13.7.